The highest BCUT2D eigenvalue weighted by molar-refractivity contribution is 8.13. The summed E-state index contributed by atoms with van der Waals surface area (Å²) in [5, 5.41) is -0.423. The molecule has 0 aliphatic heterocycles. The van der Waals surface area contributed by atoms with Crippen LogP contribution >= 0.6 is 11.8 Å². The Kier molecular flexibility index (Phi) is 9.14. The molecule has 0 bridgehead atoms. The van der Waals surface area contributed by atoms with Gasteiger partial charge in [-0.3, -0.25) is 0 Å². The van der Waals surface area contributed by atoms with Gasteiger partial charge in [0, 0.05) is 5.75 Å². The highest BCUT2D eigenvalue weighted by Crippen LogP contribution is 2.07. The summed E-state index contributed by atoms with van der Waals surface area (Å²) < 4.78 is 9.50. The number of benzene rings is 1. The van der Waals surface area contributed by atoms with Crippen molar-refractivity contribution in [3.8, 4) is 0 Å². The zero-order valence-corrected chi connectivity index (χ0v) is 11.5. The van der Waals surface area contributed by atoms with Crippen molar-refractivity contribution in [3.63, 3.8) is 0 Å². The third-order valence-corrected chi connectivity index (χ3v) is 2.77. The average molecular weight is 290 g/mol. The second kappa shape index (κ2) is 9.79. The number of hydrogen-bond donors (Lipinski definition) is 0. The van der Waals surface area contributed by atoms with Crippen molar-refractivity contribution in [1.29, 1.82) is 0 Å². The Morgan fingerprint density at radius 1 is 1.17 bits per heavy atom. The van der Waals surface area contributed by atoms with Gasteiger partial charge in [0.25, 0.3) is 0 Å². The Morgan fingerprint density at radius 2 is 1.83 bits per heavy atom. The fourth-order valence-electron chi connectivity index (χ4n) is 1.02. The molecular formula is C12H14ClO4S-. The normalized spacial score (nSPS) is 9.17. The van der Waals surface area contributed by atoms with E-state index in [1.807, 2.05) is 6.92 Å². The lowest BCUT2D eigenvalue weighted by Crippen LogP contribution is -3.00. The minimum Gasteiger partial charge on any atom is -1.00 e. The number of carbonyl (C=O) groups is 2. The van der Waals surface area contributed by atoms with E-state index in [1.165, 1.54) is 0 Å². The van der Waals surface area contributed by atoms with Crippen LogP contribution in [-0.4, -0.2) is 23.8 Å². The highest BCUT2D eigenvalue weighted by Gasteiger charge is 2.07. The Bertz CT molecular complexity index is 370. The molecule has 0 fully saturated rings. The molecule has 0 aromatic heterocycles. The molecule has 18 heavy (non-hydrogen) atoms. The van der Waals surface area contributed by atoms with Crippen LogP contribution in [0, 0.1) is 0 Å². The Hall–Kier alpha value is -1.20. The first-order valence-electron chi connectivity index (χ1n) is 5.25. The van der Waals surface area contributed by atoms with Crippen LogP contribution in [0.15, 0.2) is 30.3 Å². The number of rotatable bonds is 5. The summed E-state index contributed by atoms with van der Waals surface area (Å²) in [5.74, 6) is 0.199. The molecule has 0 amide bonds. The number of thioether (sulfide) groups is 1. The molecule has 0 unspecified atom stereocenters. The van der Waals surface area contributed by atoms with E-state index in [2.05, 4.69) is 0 Å². The van der Waals surface area contributed by atoms with Crippen molar-refractivity contribution >= 4 is 23.0 Å². The maximum absolute atomic E-state index is 11.4. The van der Waals surface area contributed by atoms with Crippen molar-refractivity contribution in [1.82, 2.24) is 0 Å². The maximum Gasteiger partial charge on any atom is 0.370 e. The quantitative estimate of drug-likeness (QED) is 0.568. The molecule has 0 N–H and O–H groups in total. The second-order valence-electron chi connectivity index (χ2n) is 3.16. The van der Waals surface area contributed by atoms with Crippen LogP contribution in [0.3, 0.4) is 0 Å². The lowest BCUT2D eigenvalue weighted by Gasteiger charge is -2.05. The highest BCUT2D eigenvalue weighted by atomic mass is 35.5. The van der Waals surface area contributed by atoms with Gasteiger partial charge in [-0.25, -0.2) is 9.59 Å². The van der Waals surface area contributed by atoms with E-state index in [4.69, 9.17) is 9.47 Å². The molecule has 0 heterocycles. The molecule has 1 aromatic carbocycles. The van der Waals surface area contributed by atoms with Gasteiger partial charge in [0.1, 0.15) is 0 Å². The van der Waals surface area contributed by atoms with Crippen LogP contribution in [0.4, 0.5) is 4.79 Å². The first-order valence-corrected chi connectivity index (χ1v) is 6.24. The largest absolute Gasteiger partial charge is 1.00 e. The van der Waals surface area contributed by atoms with Crippen LogP contribution in [0.25, 0.3) is 0 Å². The van der Waals surface area contributed by atoms with Gasteiger partial charge in [0.2, 0.25) is 6.79 Å². The third-order valence-electron chi connectivity index (χ3n) is 1.80. The summed E-state index contributed by atoms with van der Waals surface area (Å²) in [5.41, 5.74) is 0.435. The van der Waals surface area contributed by atoms with E-state index in [-0.39, 0.29) is 19.2 Å². The van der Waals surface area contributed by atoms with Crippen molar-refractivity contribution in [3.05, 3.63) is 35.9 Å². The zero-order valence-electron chi connectivity index (χ0n) is 9.93. The van der Waals surface area contributed by atoms with Crippen LogP contribution in [0.2, 0.25) is 0 Å². The van der Waals surface area contributed by atoms with Gasteiger partial charge >= 0.3 is 11.3 Å². The van der Waals surface area contributed by atoms with Crippen LogP contribution in [0.5, 0.6) is 0 Å². The first kappa shape index (κ1) is 16.8. The van der Waals surface area contributed by atoms with Gasteiger partial charge in [-0.2, -0.15) is 0 Å². The van der Waals surface area contributed by atoms with E-state index < -0.39 is 11.3 Å². The molecule has 4 nitrogen and oxygen atoms in total. The molecule has 0 saturated carbocycles. The van der Waals surface area contributed by atoms with E-state index in [9.17, 15) is 9.59 Å². The maximum atomic E-state index is 11.4. The fourth-order valence-corrected chi connectivity index (χ4v) is 1.52. The predicted molar refractivity (Wildman–Crippen MR) is 66.0 cm³/mol. The van der Waals surface area contributed by atoms with Gasteiger partial charge in [0.15, 0.2) is 0 Å². The summed E-state index contributed by atoms with van der Waals surface area (Å²) in [7, 11) is 0. The molecule has 0 saturated heterocycles. The number of carbonyl (C=O) groups excluding carboxylic acids is 2. The van der Waals surface area contributed by atoms with E-state index in [0.29, 0.717) is 11.3 Å². The number of halogens is 1. The summed E-state index contributed by atoms with van der Waals surface area (Å²) in [6, 6.07) is 8.55. The molecule has 0 radical (unpaired) electrons. The van der Waals surface area contributed by atoms with Crippen LogP contribution < -0.4 is 12.4 Å². The molecule has 1 rings (SSSR count). The SMILES string of the molecule is CCCSC(=O)OCOC(=O)c1ccccc1.[Cl-]. The third kappa shape index (κ3) is 6.51. The summed E-state index contributed by atoms with van der Waals surface area (Å²) in [6.45, 7) is 1.62. The molecule has 6 heteroatoms. The molecule has 100 valence electrons. The topological polar surface area (TPSA) is 52.6 Å². The Morgan fingerprint density at radius 3 is 2.44 bits per heavy atom. The molecule has 1 aromatic rings. The summed E-state index contributed by atoms with van der Waals surface area (Å²) >= 11 is 1.07. The molecule has 0 aliphatic rings. The van der Waals surface area contributed by atoms with Crippen LogP contribution in [-0.2, 0) is 9.47 Å². The minimum absolute atomic E-state index is 0. The number of esters is 1. The van der Waals surface area contributed by atoms with Crippen molar-refractivity contribution in [2.24, 2.45) is 0 Å². The molecule has 0 atom stereocenters. The van der Waals surface area contributed by atoms with Crippen molar-refractivity contribution in [2.75, 3.05) is 12.5 Å². The smallest absolute Gasteiger partial charge is 0.370 e. The monoisotopic (exact) mass is 289 g/mol. The molecule has 0 spiro atoms. The van der Waals surface area contributed by atoms with Crippen molar-refractivity contribution < 1.29 is 31.5 Å². The second-order valence-corrected chi connectivity index (χ2v) is 4.19. The summed E-state index contributed by atoms with van der Waals surface area (Å²) in [6.07, 6.45) is 0.892. The van der Waals surface area contributed by atoms with E-state index in [1.54, 1.807) is 30.3 Å². The van der Waals surface area contributed by atoms with Gasteiger partial charge < -0.3 is 21.9 Å². The first-order chi connectivity index (χ1) is 8.24. The van der Waals surface area contributed by atoms with Gasteiger partial charge in [0.05, 0.1) is 5.56 Å². The lowest BCUT2D eigenvalue weighted by atomic mass is 10.2. The zero-order chi connectivity index (χ0) is 12.5. The number of ether oxygens (including phenoxy) is 2. The minimum atomic E-state index is -0.501. The number of hydrogen-bond acceptors (Lipinski definition) is 5. The van der Waals surface area contributed by atoms with Gasteiger partial charge in [-0.1, -0.05) is 25.1 Å². The summed E-state index contributed by atoms with van der Waals surface area (Å²) in [4.78, 5) is 22.5. The van der Waals surface area contributed by atoms with Gasteiger partial charge in [-0.15, -0.1) is 0 Å². The van der Waals surface area contributed by atoms with Crippen molar-refractivity contribution in [2.45, 2.75) is 13.3 Å². The average Bonchev–Trinajstić information content (AvgIpc) is 2.37. The lowest BCUT2D eigenvalue weighted by molar-refractivity contribution is -0.000300. The van der Waals surface area contributed by atoms with E-state index >= 15 is 0 Å². The van der Waals surface area contributed by atoms with E-state index in [0.717, 1.165) is 18.2 Å². The molecular weight excluding hydrogens is 276 g/mol. The molecule has 0 aliphatic carbocycles. The Balaban J connectivity index is 0.00000289. The van der Waals surface area contributed by atoms with Crippen LogP contribution in [0.1, 0.15) is 23.7 Å². The standard InChI is InChI=1S/C12H14O4S.ClH/c1-2-8-17-12(14)16-9-15-11(13)10-6-4-3-5-7-10;/h3-7H,2,8-9H2,1H3;1H/p-1. The Labute approximate surface area is 116 Å². The van der Waals surface area contributed by atoms with Gasteiger partial charge in [-0.05, 0) is 30.3 Å². The fraction of sp³-hybridized carbons (Fsp3) is 0.333. The predicted octanol–water partition coefficient (Wildman–Crippen LogP) is 0.0847.